The zero-order chi connectivity index (χ0) is 19.6. The highest BCUT2D eigenvalue weighted by molar-refractivity contribution is 6.31. The maximum absolute atomic E-state index is 12.5. The van der Waals surface area contributed by atoms with Gasteiger partial charge in [0.25, 0.3) is 5.91 Å². The van der Waals surface area contributed by atoms with E-state index in [0.29, 0.717) is 16.4 Å². The number of urea groups is 1. The molecule has 2 heterocycles. The van der Waals surface area contributed by atoms with Crippen molar-refractivity contribution < 1.29 is 14.4 Å². The number of rotatable bonds is 6. The van der Waals surface area contributed by atoms with Crippen LogP contribution in [0.2, 0.25) is 5.02 Å². The topological polar surface area (TPSA) is 120 Å². The molecule has 9 nitrogen and oxygen atoms in total. The van der Waals surface area contributed by atoms with Crippen LogP contribution in [0.1, 0.15) is 37.6 Å². The van der Waals surface area contributed by atoms with E-state index in [4.69, 9.17) is 11.6 Å². The molecule has 0 radical (unpaired) electrons. The van der Waals surface area contributed by atoms with Crippen LogP contribution >= 0.6 is 11.6 Å². The highest BCUT2D eigenvalue weighted by atomic mass is 35.5. The van der Waals surface area contributed by atoms with Crippen molar-refractivity contribution in [3.8, 4) is 0 Å². The van der Waals surface area contributed by atoms with Crippen LogP contribution in [0.3, 0.4) is 0 Å². The lowest BCUT2D eigenvalue weighted by Gasteiger charge is -2.14. The molecule has 3 N–H and O–H groups in total. The Labute approximate surface area is 160 Å². The van der Waals surface area contributed by atoms with Gasteiger partial charge in [-0.15, -0.1) is 5.10 Å². The Balaban J connectivity index is 1.60. The minimum atomic E-state index is -0.941. The first-order valence-corrected chi connectivity index (χ1v) is 8.80. The smallest absolute Gasteiger partial charge is 0.325 e. The second-order valence-corrected chi connectivity index (χ2v) is 6.88. The van der Waals surface area contributed by atoms with Crippen LogP contribution < -0.4 is 10.6 Å². The number of nitrogens with one attached hydrogen (secondary N) is 3. The van der Waals surface area contributed by atoms with E-state index in [1.54, 1.807) is 24.3 Å². The molecule has 1 aliphatic rings. The number of imide groups is 1. The molecule has 1 aromatic carbocycles. The molecule has 1 aliphatic heterocycles. The van der Waals surface area contributed by atoms with Gasteiger partial charge in [0.05, 0.1) is 13.0 Å². The molecule has 1 saturated heterocycles. The average Bonchev–Trinajstić information content (AvgIpc) is 3.17. The molecule has 3 rings (SSSR count). The summed E-state index contributed by atoms with van der Waals surface area (Å²) >= 11 is 6.08. The molecule has 0 unspecified atom stereocenters. The molecule has 1 aromatic heterocycles. The first-order chi connectivity index (χ1) is 12.8. The molecule has 0 saturated carbocycles. The van der Waals surface area contributed by atoms with Gasteiger partial charge in [-0.3, -0.25) is 24.9 Å². The van der Waals surface area contributed by atoms with Crippen molar-refractivity contribution in [3.05, 3.63) is 40.7 Å². The molecule has 1 atom stereocenters. The summed E-state index contributed by atoms with van der Waals surface area (Å²) in [5.74, 6) is -0.0393. The fourth-order valence-electron chi connectivity index (χ4n) is 2.61. The van der Waals surface area contributed by atoms with Crippen molar-refractivity contribution in [2.24, 2.45) is 0 Å². The van der Waals surface area contributed by atoms with Crippen molar-refractivity contribution in [2.75, 3.05) is 5.32 Å². The van der Waals surface area contributed by atoms with Crippen LogP contribution in [-0.4, -0.2) is 44.0 Å². The van der Waals surface area contributed by atoms with E-state index < -0.39 is 23.9 Å². The van der Waals surface area contributed by atoms with Gasteiger partial charge in [0.1, 0.15) is 11.9 Å². The standard InChI is InChI=1S/C17H19ClN6O3/c1-9(2)14-21-16(23-22-14)20-13(25)7-12-15(26)24(17(27)19-12)8-10-5-3-4-6-11(10)18/h3-6,9,12H,7-8H2,1-2H3,(H,19,27)(H2,20,21,22,23,25)/t12-/m0/s1. The van der Waals surface area contributed by atoms with Crippen LogP contribution in [0, 0.1) is 0 Å². The number of H-pyrrole nitrogens is 1. The largest absolute Gasteiger partial charge is 0.325 e. The average molecular weight is 391 g/mol. The zero-order valence-corrected chi connectivity index (χ0v) is 15.6. The number of hydrogen-bond donors (Lipinski definition) is 3. The molecular weight excluding hydrogens is 372 g/mol. The van der Waals surface area contributed by atoms with E-state index in [-0.39, 0.29) is 24.8 Å². The SMILES string of the molecule is CC(C)c1nc(NC(=O)C[C@@H]2NC(=O)N(Cc3ccccc3Cl)C2=O)n[nH]1. The van der Waals surface area contributed by atoms with Crippen molar-refractivity contribution >= 4 is 35.4 Å². The predicted molar refractivity (Wildman–Crippen MR) is 98.0 cm³/mol. The Bertz CT molecular complexity index is 881. The van der Waals surface area contributed by atoms with Gasteiger partial charge in [-0.2, -0.15) is 4.98 Å². The fourth-order valence-corrected chi connectivity index (χ4v) is 2.81. The molecule has 142 valence electrons. The highest BCUT2D eigenvalue weighted by Crippen LogP contribution is 2.20. The van der Waals surface area contributed by atoms with Crippen LogP contribution in [0.5, 0.6) is 0 Å². The van der Waals surface area contributed by atoms with Crippen LogP contribution in [-0.2, 0) is 16.1 Å². The van der Waals surface area contributed by atoms with E-state index in [2.05, 4.69) is 25.8 Å². The number of aromatic amines is 1. The first kappa shape index (κ1) is 18.8. The minimum absolute atomic E-state index is 0.0428. The molecule has 27 heavy (non-hydrogen) atoms. The third-order valence-electron chi connectivity index (χ3n) is 4.08. The molecule has 0 aliphatic carbocycles. The van der Waals surface area contributed by atoms with E-state index in [1.807, 2.05) is 13.8 Å². The molecule has 1 fully saturated rings. The summed E-state index contributed by atoms with van der Waals surface area (Å²) in [4.78, 5) is 42.0. The summed E-state index contributed by atoms with van der Waals surface area (Å²) in [6.07, 6.45) is -0.213. The van der Waals surface area contributed by atoms with E-state index in [1.165, 1.54) is 0 Å². The molecule has 2 aromatic rings. The maximum atomic E-state index is 12.5. The van der Waals surface area contributed by atoms with Crippen LogP contribution in [0.15, 0.2) is 24.3 Å². The van der Waals surface area contributed by atoms with Crippen molar-refractivity contribution in [3.63, 3.8) is 0 Å². The van der Waals surface area contributed by atoms with E-state index in [0.717, 1.165) is 4.90 Å². The van der Waals surface area contributed by atoms with Crippen molar-refractivity contribution in [1.29, 1.82) is 0 Å². The number of benzene rings is 1. The lowest BCUT2D eigenvalue weighted by atomic mass is 10.1. The van der Waals surface area contributed by atoms with Crippen molar-refractivity contribution in [2.45, 2.75) is 38.8 Å². The van der Waals surface area contributed by atoms with Gasteiger partial charge >= 0.3 is 6.03 Å². The zero-order valence-electron chi connectivity index (χ0n) is 14.8. The molecule has 0 spiro atoms. The summed E-state index contributed by atoms with van der Waals surface area (Å²) in [7, 11) is 0. The second kappa shape index (κ2) is 7.75. The number of anilines is 1. The molecule has 10 heteroatoms. The fraction of sp³-hybridized carbons (Fsp3) is 0.353. The summed E-state index contributed by atoms with van der Waals surface area (Å²) in [5, 5.41) is 12.1. The molecule has 4 amide bonds. The lowest BCUT2D eigenvalue weighted by molar-refractivity contribution is -0.130. The Kier molecular flexibility index (Phi) is 5.41. The summed E-state index contributed by atoms with van der Waals surface area (Å²) < 4.78 is 0. The number of halogens is 1. The lowest BCUT2D eigenvalue weighted by Crippen LogP contribution is -2.34. The molecule has 0 bridgehead atoms. The Morgan fingerprint density at radius 2 is 2.07 bits per heavy atom. The highest BCUT2D eigenvalue weighted by Gasteiger charge is 2.39. The van der Waals surface area contributed by atoms with Gasteiger partial charge < -0.3 is 5.32 Å². The van der Waals surface area contributed by atoms with Gasteiger partial charge in [0, 0.05) is 10.9 Å². The van der Waals surface area contributed by atoms with E-state index >= 15 is 0 Å². The number of hydrogen-bond acceptors (Lipinski definition) is 5. The van der Waals surface area contributed by atoms with Gasteiger partial charge in [0.2, 0.25) is 11.9 Å². The third kappa shape index (κ3) is 4.25. The van der Waals surface area contributed by atoms with Gasteiger partial charge in [0.15, 0.2) is 0 Å². The number of carbonyl (C=O) groups excluding carboxylic acids is 3. The Morgan fingerprint density at radius 3 is 2.74 bits per heavy atom. The number of aromatic nitrogens is 3. The number of carbonyl (C=O) groups is 3. The summed E-state index contributed by atoms with van der Waals surface area (Å²) in [5.41, 5.74) is 0.648. The van der Waals surface area contributed by atoms with Crippen LogP contribution in [0.4, 0.5) is 10.7 Å². The van der Waals surface area contributed by atoms with Gasteiger partial charge in [-0.25, -0.2) is 4.79 Å². The number of amides is 4. The van der Waals surface area contributed by atoms with Crippen LogP contribution in [0.25, 0.3) is 0 Å². The normalized spacial score (nSPS) is 16.7. The van der Waals surface area contributed by atoms with Gasteiger partial charge in [-0.05, 0) is 11.6 Å². The second-order valence-electron chi connectivity index (χ2n) is 6.47. The first-order valence-electron chi connectivity index (χ1n) is 8.42. The molecular formula is C17H19ClN6O3. The number of nitrogens with zero attached hydrogens (tertiary/aromatic N) is 3. The Hall–Kier alpha value is -2.94. The van der Waals surface area contributed by atoms with Crippen molar-refractivity contribution in [1.82, 2.24) is 25.4 Å². The van der Waals surface area contributed by atoms with E-state index in [9.17, 15) is 14.4 Å². The summed E-state index contributed by atoms with van der Waals surface area (Å²) in [6, 6.07) is 5.45. The third-order valence-corrected chi connectivity index (χ3v) is 4.45. The quantitative estimate of drug-likeness (QED) is 0.652. The maximum Gasteiger partial charge on any atom is 0.325 e. The van der Waals surface area contributed by atoms with Gasteiger partial charge in [-0.1, -0.05) is 43.6 Å². The predicted octanol–water partition coefficient (Wildman–Crippen LogP) is 2.03. The minimum Gasteiger partial charge on any atom is -0.325 e. The summed E-state index contributed by atoms with van der Waals surface area (Å²) in [6.45, 7) is 3.92. The monoisotopic (exact) mass is 390 g/mol. The Morgan fingerprint density at radius 1 is 1.33 bits per heavy atom.